The van der Waals surface area contributed by atoms with E-state index in [4.69, 9.17) is 4.74 Å². The summed E-state index contributed by atoms with van der Waals surface area (Å²) in [4.78, 5) is 13.8. The van der Waals surface area contributed by atoms with E-state index < -0.39 is 0 Å². The van der Waals surface area contributed by atoms with E-state index in [2.05, 4.69) is 10.2 Å². The maximum absolute atomic E-state index is 11.7. The minimum atomic E-state index is 0.129. The Bertz CT molecular complexity index is 228. The minimum Gasteiger partial charge on any atom is -0.385 e. The number of carbonyl (C=O) groups excluding carboxylic acids is 1. The third-order valence-electron chi connectivity index (χ3n) is 3.56. The third-order valence-corrected chi connectivity index (χ3v) is 3.56. The Balaban J connectivity index is 2.06. The molecule has 0 bridgehead atoms. The van der Waals surface area contributed by atoms with Gasteiger partial charge in [-0.25, -0.2) is 0 Å². The molecule has 0 aromatic heterocycles. The molecule has 106 valence electrons. The first-order chi connectivity index (χ1) is 8.72. The minimum absolute atomic E-state index is 0.129. The van der Waals surface area contributed by atoms with Crippen molar-refractivity contribution in [2.75, 3.05) is 40.4 Å². The Morgan fingerprint density at radius 3 is 2.72 bits per heavy atom. The lowest BCUT2D eigenvalue weighted by atomic mass is 9.89. The maximum Gasteiger partial charge on any atom is 0.234 e. The molecule has 0 unspecified atom stereocenters. The van der Waals surface area contributed by atoms with Crippen molar-refractivity contribution in [1.29, 1.82) is 0 Å². The van der Waals surface area contributed by atoms with Crippen molar-refractivity contribution in [2.24, 2.45) is 5.92 Å². The van der Waals surface area contributed by atoms with Crippen LogP contribution in [0.2, 0.25) is 0 Å². The molecule has 0 heterocycles. The number of hydrogen-bond donors (Lipinski definition) is 1. The van der Waals surface area contributed by atoms with E-state index in [0.29, 0.717) is 19.7 Å². The fourth-order valence-electron chi connectivity index (χ4n) is 2.62. The topological polar surface area (TPSA) is 41.6 Å². The van der Waals surface area contributed by atoms with Crippen LogP contribution in [0.15, 0.2) is 0 Å². The summed E-state index contributed by atoms with van der Waals surface area (Å²) in [6.45, 7) is 3.00. The van der Waals surface area contributed by atoms with Crippen molar-refractivity contribution in [1.82, 2.24) is 10.2 Å². The lowest BCUT2D eigenvalue weighted by molar-refractivity contribution is -0.122. The summed E-state index contributed by atoms with van der Waals surface area (Å²) in [5.41, 5.74) is 0. The summed E-state index contributed by atoms with van der Waals surface area (Å²) in [5, 5.41) is 2.93. The first-order valence-electron chi connectivity index (χ1n) is 7.16. The Kier molecular flexibility index (Phi) is 8.01. The largest absolute Gasteiger partial charge is 0.385 e. The average molecular weight is 256 g/mol. The highest BCUT2D eigenvalue weighted by Crippen LogP contribution is 2.23. The van der Waals surface area contributed by atoms with Gasteiger partial charge in [-0.15, -0.1) is 0 Å². The number of amides is 1. The Morgan fingerprint density at radius 2 is 2.06 bits per heavy atom. The molecule has 1 amide bonds. The summed E-state index contributed by atoms with van der Waals surface area (Å²) in [5.74, 6) is 0.925. The molecule has 0 aromatic rings. The molecule has 0 saturated heterocycles. The van der Waals surface area contributed by atoms with Crippen LogP contribution in [0.3, 0.4) is 0 Å². The standard InChI is InChI=1S/C14H28N2O2/c1-16(11-13-7-4-3-5-8-13)12-14(17)15-9-6-10-18-2/h13H,3-12H2,1-2H3,(H,15,17). The van der Waals surface area contributed by atoms with Gasteiger partial charge in [-0.2, -0.15) is 0 Å². The van der Waals surface area contributed by atoms with Crippen molar-refractivity contribution in [3.05, 3.63) is 0 Å². The molecule has 1 rings (SSSR count). The molecule has 0 atom stereocenters. The van der Waals surface area contributed by atoms with Gasteiger partial charge in [0.25, 0.3) is 0 Å². The normalized spacial score (nSPS) is 17.1. The van der Waals surface area contributed by atoms with E-state index >= 15 is 0 Å². The van der Waals surface area contributed by atoms with Crippen LogP contribution in [0.1, 0.15) is 38.5 Å². The molecule has 1 N–H and O–H groups in total. The van der Waals surface area contributed by atoms with E-state index in [1.165, 1.54) is 32.1 Å². The quantitative estimate of drug-likeness (QED) is 0.671. The van der Waals surface area contributed by atoms with Crippen LogP contribution < -0.4 is 5.32 Å². The summed E-state index contributed by atoms with van der Waals surface area (Å²) >= 11 is 0. The van der Waals surface area contributed by atoms with Crippen LogP contribution in [0.5, 0.6) is 0 Å². The SMILES string of the molecule is COCCCNC(=O)CN(C)CC1CCCCC1. The van der Waals surface area contributed by atoms with Crippen LogP contribution in [0.25, 0.3) is 0 Å². The summed E-state index contributed by atoms with van der Waals surface area (Å²) in [6.07, 6.45) is 7.66. The number of nitrogens with one attached hydrogen (secondary N) is 1. The molecule has 18 heavy (non-hydrogen) atoms. The van der Waals surface area contributed by atoms with Gasteiger partial charge in [0.15, 0.2) is 0 Å². The zero-order valence-electron chi connectivity index (χ0n) is 11.9. The summed E-state index contributed by atoms with van der Waals surface area (Å²) < 4.78 is 4.94. The molecule has 1 aliphatic carbocycles. The van der Waals surface area contributed by atoms with Gasteiger partial charge >= 0.3 is 0 Å². The second kappa shape index (κ2) is 9.34. The maximum atomic E-state index is 11.7. The lowest BCUT2D eigenvalue weighted by Gasteiger charge is -2.26. The predicted octanol–water partition coefficient (Wildman–Crippen LogP) is 1.65. The van der Waals surface area contributed by atoms with Gasteiger partial charge in [-0.05, 0) is 32.2 Å². The average Bonchev–Trinajstić information content (AvgIpc) is 2.35. The highest BCUT2D eigenvalue weighted by atomic mass is 16.5. The van der Waals surface area contributed by atoms with Crippen LogP contribution >= 0.6 is 0 Å². The van der Waals surface area contributed by atoms with Crippen molar-refractivity contribution < 1.29 is 9.53 Å². The van der Waals surface area contributed by atoms with Crippen molar-refractivity contribution in [3.63, 3.8) is 0 Å². The number of ether oxygens (including phenoxy) is 1. The number of hydrogen-bond acceptors (Lipinski definition) is 3. The van der Waals surface area contributed by atoms with Gasteiger partial charge in [0, 0.05) is 26.8 Å². The first-order valence-corrected chi connectivity index (χ1v) is 7.16. The summed E-state index contributed by atoms with van der Waals surface area (Å²) in [7, 11) is 3.73. The molecule has 0 aliphatic heterocycles. The van der Waals surface area contributed by atoms with Crippen molar-refractivity contribution in [2.45, 2.75) is 38.5 Å². The fraction of sp³-hybridized carbons (Fsp3) is 0.929. The Labute approximate surface area is 111 Å². The summed E-state index contributed by atoms with van der Waals surface area (Å²) in [6, 6.07) is 0. The monoisotopic (exact) mass is 256 g/mol. The fourth-order valence-corrected chi connectivity index (χ4v) is 2.62. The molecule has 4 nitrogen and oxygen atoms in total. The van der Waals surface area contributed by atoms with Crippen LogP contribution in [0.4, 0.5) is 0 Å². The van der Waals surface area contributed by atoms with Gasteiger partial charge in [-0.3, -0.25) is 9.69 Å². The van der Waals surface area contributed by atoms with Gasteiger partial charge < -0.3 is 10.1 Å². The molecular formula is C14H28N2O2. The van der Waals surface area contributed by atoms with E-state index in [1.54, 1.807) is 7.11 Å². The van der Waals surface area contributed by atoms with Gasteiger partial charge in [0.2, 0.25) is 5.91 Å². The molecular weight excluding hydrogens is 228 g/mol. The van der Waals surface area contributed by atoms with Crippen LogP contribution in [-0.4, -0.2) is 51.2 Å². The smallest absolute Gasteiger partial charge is 0.234 e. The molecule has 0 radical (unpaired) electrons. The number of carbonyl (C=O) groups is 1. The zero-order valence-corrected chi connectivity index (χ0v) is 11.9. The Morgan fingerprint density at radius 1 is 1.33 bits per heavy atom. The second-order valence-electron chi connectivity index (χ2n) is 5.40. The third kappa shape index (κ3) is 6.97. The van der Waals surface area contributed by atoms with E-state index in [9.17, 15) is 4.79 Å². The van der Waals surface area contributed by atoms with Gasteiger partial charge in [0.1, 0.15) is 0 Å². The van der Waals surface area contributed by atoms with Crippen molar-refractivity contribution >= 4 is 5.91 Å². The van der Waals surface area contributed by atoms with E-state index in [-0.39, 0.29) is 5.91 Å². The molecule has 4 heteroatoms. The highest BCUT2D eigenvalue weighted by Gasteiger charge is 2.16. The van der Waals surface area contributed by atoms with Gasteiger partial charge in [0.05, 0.1) is 6.54 Å². The zero-order chi connectivity index (χ0) is 13.2. The highest BCUT2D eigenvalue weighted by molar-refractivity contribution is 5.77. The number of rotatable bonds is 8. The lowest BCUT2D eigenvalue weighted by Crippen LogP contribution is -2.38. The first kappa shape index (κ1) is 15.4. The number of methoxy groups -OCH3 is 1. The van der Waals surface area contributed by atoms with Gasteiger partial charge in [-0.1, -0.05) is 19.3 Å². The van der Waals surface area contributed by atoms with E-state index in [0.717, 1.165) is 18.9 Å². The molecule has 1 aliphatic rings. The Hall–Kier alpha value is -0.610. The van der Waals surface area contributed by atoms with Crippen molar-refractivity contribution in [3.8, 4) is 0 Å². The molecule has 1 saturated carbocycles. The van der Waals surface area contributed by atoms with Crippen LogP contribution in [0, 0.1) is 5.92 Å². The molecule has 0 spiro atoms. The number of nitrogens with zero attached hydrogens (tertiary/aromatic N) is 1. The van der Waals surface area contributed by atoms with Crippen LogP contribution in [-0.2, 0) is 9.53 Å². The predicted molar refractivity (Wildman–Crippen MR) is 73.6 cm³/mol. The second-order valence-corrected chi connectivity index (χ2v) is 5.40. The van der Waals surface area contributed by atoms with E-state index in [1.807, 2.05) is 7.05 Å². The number of likely N-dealkylation sites (N-methyl/N-ethyl adjacent to an activating group) is 1. The molecule has 0 aromatic carbocycles. The molecule has 1 fully saturated rings.